The number of piperidine rings is 1. The van der Waals surface area contributed by atoms with E-state index in [1.54, 1.807) is 19.1 Å². The first-order valence-corrected chi connectivity index (χ1v) is 9.97. The molecule has 1 heterocycles. The fraction of sp³-hybridized carbons (Fsp3) is 0.588. The molecule has 1 fully saturated rings. The van der Waals surface area contributed by atoms with E-state index in [-0.39, 0.29) is 17.0 Å². The highest BCUT2D eigenvalue weighted by atomic mass is 32.2. The molecule has 0 spiro atoms. The summed E-state index contributed by atoms with van der Waals surface area (Å²) in [6, 6.07) is 5.10. The Labute approximate surface area is 139 Å². The molecule has 0 radical (unpaired) electrons. The zero-order valence-corrected chi connectivity index (χ0v) is 15.1. The van der Waals surface area contributed by atoms with Crippen molar-refractivity contribution in [1.82, 2.24) is 4.90 Å². The van der Waals surface area contributed by atoms with Crippen molar-refractivity contribution in [3.05, 3.63) is 23.8 Å². The third-order valence-electron chi connectivity index (χ3n) is 4.42. The van der Waals surface area contributed by atoms with Crippen LogP contribution in [0.5, 0.6) is 0 Å². The predicted molar refractivity (Wildman–Crippen MR) is 92.5 cm³/mol. The molecule has 23 heavy (non-hydrogen) atoms. The summed E-state index contributed by atoms with van der Waals surface area (Å²) in [6.07, 6.45) is 4.36. The molecule has 1 unspecified atom stereocenters. The van der Waals surface area contributed by atoms with E-state index in [0.29, 0.717) is 17.2 Å². The van der Waals surface area contributed by atoms with Crippen LogP contribution in [0.15, 0.2) is 23.1 Å². The molecule has 5 nitrogen and oxygen atoms in total. The SMILES string of the molecule is Cc1ccc(NC(=O)N2CCCCC2C(C)C)cc1S(C)(=O)=O. The Morgan fingerprint density at radius 3 is 2.61 bits per heavy atom. The number of anilines is 1. The van der Waals surface area contributed by atoms with E-state index in [1.807, 2.05) is 4.90 Å². The minimum Gasteiger partial charge on any atom is -0.321 e. The van der Waals surface area contributed by atoms with Crippen LogP contribution in [0.25, 0.3) is 0 Å². The van der Waals surface area contributed by atoms with Crippen molar-refractivity contribution in [2.75, 3.05) is 18.1 Å². The first-order chi connectivity index (χ1) is 10.7. The first kappa shape index (κ1) is 17.8. The molecule has 2 rings (SSSR count). The van der Waals surface area contributed by atoms with Gasteiger partial charge in [0.1, 0.15) is 0 Å². The normalized spacial score (nSPS) is 19.0. The van der Waals surface area contributed by atoms with Crippen LogP contribution < -0.4 is 5.32 Å². The number of sulfone groups is 1. The zero-order chi connectivity index (χ0) is 17.2. The summed E-state index contributed by atoms with van der Waals surface area (Å²) in [6.45, 7) is 6.76. The van der Waals surface area contributed by atoms with E-state index in [2.05, 4.69) is 19.2 Å². The van der Waals surface area contributed by atoms with E-state index < -0.39 is 9.84 Å². The number of hydrogen-bond donors (Lipinski definition) is 1. The molecule has 0 bridgehead atoms. The number of amides is 2. The second-order valence-corrected chi connectivity index (χ2v) is 8.67. The lowest BCUT2D eigenvalue weighted by molar-refractivity contribution is 0.138. The maximum atomic E-state index is 12.6. The Morgan fingerprint density at radius 1 is 1.30 bits per heavy atom. The van der Waals surface area contributed by atoms with E-state index >= 15 is 0 Å². The van der Waals surface area contributed by atoms with E-state index in [9.17, 15) is 13.2 Å². The van der Waals surface area contributed by atoms with Crippen LogP contribution in [0, 0.1) is 12.8 Å². The van der Waals surface area contributed by atoms with Crippen LogP contribution >= 0.6 is 0 Å². The summed E-state index contributed by atoms with van der Waals surface area (Å²) in [5.74, 6) is 0.408. The molecule has 2 amide bonds. The molecule has 1 aliphatic rings. The van der Waals surface area contributed by atoms with Gasteiger partial charge >= 0.3 is 6.03 Å². The van der Waals surface area contributed by atoms with Crippen LogP contribution in [-0.4, -0.2) is 38.2 Å². The molecule has 1 aromatic rings. The molecular formula is C17H26N2O3S. The molecule has 0 aliphatic carbocycles. The Kier molecular flexibility index (Phi) is 5.34. The number of hydrogen-bond acceptors (Lipinski definition) is 3. The van der Waals surface area contributed by atoms with Gasteiger partial charge in [-0.15, -0.1) is 0 Å². The number of nitrogens with one attached hydrogen (secondary N) is 1. The lowest BCUT2D eigenvalue weighted by Gasteiger charge is -2.38. The van der Waals surface area contributed by atoms with Gasteiger partial charge in [0.25, 0.3) is 0 Å². The monoisotopic (exact) mass is 338 g/mol. The maximum Gasteiger partial charge on any atom is 0.322 e. The molecule has 128 valence electrons. The number of aryl methyl sites for hydroxylation is 1. The smallest absolute Gasteiger partial charge is 0.321 e. The van der Waals surface area contributed by atoms with E-state index in [0.717, 1.165) is 25.8 Å². The summed E-state index contributed by atoms with van der Waals surface area (Å²) in [5, 5.41) is 2.86. The highest BCUT2D eigenvalue weighted by Crippen LogP contribution is 2.25. The average Bonchev–Trinajstić information content (AvgIpc) is 2.48. The number of carbonyl (C=O) groups excluding carboxylic acids is 1. The van der Waals surface area contributed by atoms with Gasteiger partial charge in [-0.2, -0.15) is 0 Å². The molecule has 0 aromatic heterocycles. The second kappa shape index (κ2) is 6.91. The first-order valence-electron chi connectivity index (χ1n) is 8.08. The average molecular weight is 338 g/mol. The molecular weight excluding hydrogens is 312 g/mol. The molecule has 1 aliphatic heterocycles. The fourth-order valence-electron chi connectivity index (χ4n) is 3.18. The summed E-state index contributed by atoms with van der Waals surface area (Å²) in [7, 11) is -3.31. The minimum absolute atomic E-state index is 0.147. The van der Waals surface area contributed by atoms with Crippen molar-refractivity contribution < 1.29 is 13.2 Å². The lowest BCUT2D eigenvalue weighted by atomic mass is 9.93. The Hall–Kier alpha value is -1.56. The number of carbonyl (C=O) groups is 1. The fourth-order valence-corrected chi connectivity index (χ4v) is 4.17. The quantitative estimate of drug-likeness (QED) is 0.918. The van der Waals surface area contributed by atoms with Crippen LogP contribution in [0.1, 0.15) is 38.7 Å². The van der Waals surface area contributed by atoms with Gasteiger partial charge in [-0.05, 0) is 49.8 Å². The largest absolute Gasteiger partial charge is 0.322 e. The van der Waals surface area contributed by atoms with Gasteiger partial charge < -0.3 is 10.2 Å². The third kappa shape index (κ3) is 4.25. The van der Waals surface area contributed by atoms with E-state index in [1.165, 1.54) is 12.3 Å². The molecule has 1 atom stereocenters. The van der Waals surface area contributed by atoms with Gasteiger partial charge in [0.15, 0.2) is 9.84 Å². The maximum absolute atomic E-state index is 12.6. The molecule has 0 saturated carbocycles. The summed E-state index contributed by atoms with van der Waals surface area (Å²) in [4.78, 5) is 14.7. The number of likely N-dealkylation sites (tertiary alicyclic amines) is 1. The Balaban J connectivity index is 2.20. The van der Waals surface area contributed by atoms with Crippen LogP contribution in [0.4, 0.5) is 10.5 Å². The van der Waals surface area contributed by atoms with Crippen molar-refractivity contribution in [2.24, 2.45) is 5.92 Å². The Morgan fingerprint density at radius 2 is 2.00 bits per heavy atom. The van der Waals surface area contributed by atoms with Crippen molar-refractivity contribution in [3.8, 4) is 0 Å². The highest BCUT2D eigenvalue weighted by molar-refractivity contribution is 7.90. The van der Waals surface area contributed by atoms with Crippen molar-refractivity contribution in [3.63, 3.8) is 0 Å². The van der Waals surface area contributed by atoms with Gasteiger partial charge in [0.2, 0.25) is 0 Å². The van der Waals surface area contributed by atoms with Crippen molar-refractivity contribution >= 4 is 21.6 Å². The number of benzene rings is 1. The molecule has 6 heteroatoms. The second-order valence-electron chi connectivity index (χ2n) is 6.68. The van der Waals surface area contributed by atoms with E-state index in [4.69, 9.17) is 0 Å². The standard InChI is InChI=1S/C17H26N2O3S/c1-12(2)15-7-5-6-10-19(15)17(20)18-14-9-8-13(3)16(11-14)23(4,21)22/h8-9,11-12,15H,5-7,10H2,1-4H3,(H,18,20). The van der Waals surface area contributed by atoms with Gasteiger partial charge in [-0.1, -0.05) is 19.9 Å². The van der Waals surface area contributed by atoms with Gasteiger partial charge in [-0.25, -0.2) is 13.2 Å². The van der Waals surface area contributed by atoms with Gasteiger partial charge in [0.05, 0.1) is 4.90 Å². The van der Waals surface area contributed by atoms with Crippen molar-refractivity contribution in [1.29, 1.82) is 0 Å². The molecule has 1 N–H and O–H groups in total. The number of rotatable bonds is 3. The van der Waals surface area contributed by atoms with Crippen LogP contribution in [0.2, 0.25) is 0 Å². The lowest BCUT2D eigenvalue weighted by Crippen LogP contribution is -2.48. The van der Waals surface area contributed by atoms with Gasteiger partial charge in [0, 0.05) is 24.5 Å². The Bertz CT molecular complexity index is 683. The highest BCUT2D eigenvalue weighted by Gasteiger charge is 2.29. The van der Waals surface area contributed by atoms with Crippen molar-refractivity contribution in [2.45, 2.75) is 51.0 Å². The topological polar surface area (TPSA) is 66.5 Å². The number of urea groups is 1. The minimum atomic E-state index is -3.31. The summed E-state index contributed by atoms with van der Waals surface area (Å²) in [5.41, 5.74) is 1.21. The summed E-state index contributed by atoms with van der Waals surface area (Å²) < 4.78 is 23.6. The zero-order valence-electron chi connectivity index (χ0n) is 14.3. The van der Waals surface area contributed by atoms with Crippen LogP contribution in [-0.2, 0) is 9.84 Å². The number of nitrogens with zero attached hydrogens (tertiary/aromatic N) is 1. The molecule has 1 saturated heterocycles. The third-order valence-corrected chi connectivity index (χ3v) is 5.66. The summed E-state index contributed by atoms with van der Waals surface area (Å²) >= 11 is 0. The van der Waals surface area contributed by atoms with Gasteiger partial charge in [-0.3, -0.25) is 0 Å². The predicted octanol–water partition coefficient (Wildman–Crippen LogP) is 3.44. The van der Waals surface area contributed by atoms with Crippen LogP contribution in [0.3, 0.4) is 0 Å². The molecule has 1 aromatic carbocycles.